The van der Waals surface area contributed by atoms with Gasteiger partial charge in [-0.15, -0.1) is 0 Å². The molecule has 0 aromatic heterocycles. The van der Waals surface area contributed by atoms with Crippen molar-refractivity contribution in [3.05, 3.63) is 87.5 Å². The molecule has 0 fully saturated rings. The monoisotopic (exact) mass is 348 g/mol. The van der Waals surface area contributed by atoms with Gasteiger partial charge in [0.05, 0.1) is 0 Å². The minimum atomic E-state index is -0.197. The molecule has 3 nitrogen and oxygen atoms in total. The van der Waals surface area contributed by atoms with Gasteiger partial charge in [0.1, 0.15) is 17.2 Å². The predicted octanol–water partition coefficient (Wildman–Crippen LogP) is 5.22. The van der Waals surface area contributed by atoms with E-state index in [4.69, 9.17) is 0 Å². The number of hydrogen-bond acceptors (Lipinski definition) is 3. The van der Waals surface area contributed by atoms with E-state index in [9.17, 15) is 15.3 Å². The molecule has 3 N–H and O–H groups in total. The molecule has 3 aromatic carbocycles. The fraction of sp³-hybridized carbons (Fsp3) is 0.217. The Hall–Kier alpha value is -2.94. The number of aryl methyl sites for hydroxylation is 4. The minimum Gasteiger partial charge on any atom is -0.508 e. The molecule has 0 aliphatic rings. The number of benzene rings is 3. The lowest BCUT2D eigenvalue weighted by Crippen LogP contribution is -2.11. The summed E-state index contributed by atoms with van der Waals surface area (Å²) in [7, 11) is 0. The van der Waals surface area contributed by atoms with Crippen LogP contribution in [-0.4, -0.2) is 15.3 Å². The molecule has 0 atom stereocenters. The lowest BCUT2D eigenvalue weighted by Gasteiger charge is -2.27. The lowest BCUT2D eigenvalue weighted by atomic mass is 9.77. The van der Waals surface area contributed by atoms with E-state index >= 15 is 0 Å². The second-order valence-corrected chi connectivity index (χ2v) is 6.98. The van der Waals surface area contributed by atoms with Crippen LogP contribution in [0.3, 0.4) is 0 Å². The molecule has 0 bridgehead atoms. The summed E-state index contributed by atoms with van der Waals surface area (Å²) in [5.74, 6) is 0.506. The summed E-state index contributed by atoms with van der Waals surface area (Å²) in [5.41, 5.74) is 6.76. The lowest BCUT2D eigenvalue weighted by molar-refractivity contribution is 0.466. The van der Waals surface area contributed by atoms with Gasteiger partial charge in [-0.25, -0.2) is 0 Å². The van der Waals surface area contributed by atoms with Gasteiger partial charge in [-0.05, 0) is 91.4 Å². The van der Waals surface area contributed by atoms with Crippen LogP contribution in [0.1, 0.15) is 44.9 Å². The first kappa shape index (κ1) is 17.9. The molecule has 0 amide bonds. The summed E-state index contributed by atoms with van der Waals surface area (Å²) in [5, 5.41) is 30.5. The fourth-order valence-corrected chi connectivity index (χ4v) is 4.00. The first-order chi connectivity index (χ1) is 12.3. The molecule has 0 unspecified atom stereocenters. The van der Waals surface area contributed by atoms with Gasteiger partial charge in [0, 0.05) is 11.5 Å². The summed E-state index contributed by atoms with van der Waals surface area (Å²) < 4.78 is 0. The van der Waals surface area contributed by atoms with Crippen molar-refractivity contribution in [3.63, 3.8) is 0 Å². The molecule has 0 aliphatic carbocycles. The molecule has 0 saturated carbocycles. The van der Waals surface area contributed by atoms with Crippen LogP contribution in [0, 0.1) is 27.7 Å². The van der Waals surface area contributed by atoms with Crippen LogP contribution in [0.15, 0.2) is 48.5 Å². The van der Waals surface area contributed by atoms with Gasteiger partial charge in [0.2, 0.25) is 0 Å². The van der Waals surface area contributed by atoms with Crippen molar-refractivity contribution in [2.24, 2.45) is 0 Å². The predicted molar refractivity (Wildman–Crippen MR) is 104 cm³/mol. The molecule has 3 heteroatoms. The SMILES string of the molecule is Cc1cc(O)cc(C)c1C(c1ccccc1O)c1c(C)cc(O)cc1C. The van der Waals surface area contributed by atoms with E-state index in [2.05, 4.69) is 0 Å². The Kier molecular flexibility index (Phi) is 4.64. The first-order valence-corrected chi connectivity index (χ1v) is 8.67. The minimum absolute atomic E-state index is 0.197. The second-order valence-electron chi connectivity index (χ2n) is 6.98. The maximum absolute atomic E-state index is 10.6. The number of para-hydroxylation sites is 1. The zero-order valence-corrected chi connectivity index (χ0v) is 15.5. The second kappa shape index (κ2) is 6.75. The fourth-order valence-electron chi connectivity index (χ4n) is 4.00. The summed E-state index contributed by atoms with van der Waals surface area (Å²) in [6.07, 6.45) is 0. The van der Waals surface area contributed by atoms with Crippen molar-refractivity contribution < 1.29 is 15.3 Å². The average Bonchev–Trinajstić information content (AvgIpc) is 2.52. The van der Waals surface area contributed by atoms with E-state index in [1.165, 1.54) is 0 Å². The maximum Gasteiger partial charge on any atom is 0.119 e. The van der Waals surface area contributed by atoms with E-state index in [0.717, 1.165) is 38.9 Å². The molecule has 0 spiro atoms. The molecule has 0 aliphatic heterocycles. The number of rotatable bonds is 3. The third-order valence-electron chi connectivity index (χ3n) is 4.98. The highest BCUT2D eigenvalue weighted by atomic mass is 16.3. The Labute approximate surface area is 154 Å². The summed E-state index contributed by atoms with van der Waals surface area (Å²) in [6.45, 7) is 7.89. The van der Waals surface area contributed by atoms with Crippen LogP contribution in [0.2, 0.25) is 0 Å². The quantitative estimate of drug-likeness (QED) is 0.569. The Morgan fingerprint density at radius 2 is 1.00 bits per heavy atom. The Bertz CT molecular complexity index is 869. The van der Waals surface area contributed by atoms with Crippen LogP contribution in [0.4, 0.5) is 0 Å². The van der Waals surface area contributed by atoms with Crippen molar-refractivity contribution in [2.45, 2.75) is 33.6 Å². The molecule has 134 valence electrons. The summed E-state index contributed by atoms with van der Waals surface area (Å²) >= 11 is 0. The first-order valence-electron chi connectivity index (χ1n) is 8.67. The standard InChI is InChI=1S/C23H24O3/c1-13-9-17(24)10-14(2)21(13)23(19-7-5-6-8-20(19)26)22-15(3)11-18(25)12-16(22)4/h5-12,23-26H,1-4H3. The van der Waals surface area contributed by atoms with Gasteiger partial charge in [0.25, 0.3) is 0 Å². The van der Waals surface area contributed by atoms with E-state index in [1.807, 2.05) is 45.9 Å². The van der Waals surface area contributed by atoms with Crippen molar-refractivity contribution in [1.29, 1.82) is 0 Å². The highest BCUT2D eigenvalue weighted by molar-refractivity contribution is 5.58. The normalized spacial score (nSPS) is 11.1. The topological polar surface area (TPSA) is 60.7 Å². The van der Waals surface area contributed by atoms with Gasteiger partial charge >= 0.3 is 0 Å². The van der Waals surface area contributed by atoms with Crippen LogP contribution >= 0.6 is 0 Å². The van der Waals surface area contributed by atoms with E-state index < -0.39 is 0 Å². The van der Waals surface area contributed by atoms with Crippen LogP contribution in [-0.2, 0) is 0 Å². The maximum atomic E-state index is 10.6. The number of aromatic hydroxyl groups is 3. The van der Waals surface area contributed by atoms with Crippen LogP contribution < -0.4 is 0 Å². The summed E-state index contributed by atoms with van der Waals surface area (Å²) in [4.78, 5) is 0. The third kappa shape index (κ3) is 3.13. The highest BCUT2D eigenvalue weighted by Crippen LogP contribution is 2.43. The zero-order valence-electron chi connectivity index (χ0n) is 15.5. The molecule has 0 saturated heterocycles. The van der Waals surface area contributed by atoms with Gasteiger partial charge in [0.15, 0.2) is 0 Å². The number of phenolic OH excluding ortho intramolecular Hbond substituents is 3. The molecular formula is C23H24O3. The van der Waals surface area contributed by atoms with E-state index in [0.29, 0.717) is 0 Å². The molecule has 3 rings (SSSR count). The highest BCUT2D eigenvalue weighted by Gasteiger charge is 2.26. The van der Waals surface area contributed by atoms with Gasteiger partial charge in [-0.3, -0.25) is 0 Å². The number of hydrogen-bond donors (Lipinski definition) is 3. The van der Waals surface area contributed by atoms with Gasteiger partial charge in [-0.2, -0.15) is 0 Å². The van der Waals surface area contributed by atoms with Gasteiger partial charge in [-0.1, -0.05) is 18.2 Å². The Morgan fingerprint density at radius 3 is 1.38 bits per heavy atom. The zero-order chi connectivity index (χ0) is 19.0. The van der Waals surface area contributed by atoms with E-state index in [-0.39, 0.29) is 23.2 Å². The molecule has 26 heavy (non-hydrogen) atoms. The Balaban J connectivity index is 2.39. The van der Waals surface area contributed by atoms with Crippen molar-refractivity contribution in [1.82, 2.24) is 0 Å². The van der Waals surface area contributed by atoms with Crippen molar-refractivity contribution in [3.8, 4) is 17.2 Å². The average molecular weight is 348 g/mol. The third-order valence-corrected chi connectivity index (χ3v) is 4.98. The molecular weight excluding hydrogens is 324 g/mol. The molecule has 3 aromatic rings. The smallest absolute Gasteiger partial charge is 0.119 e. The molecule has 0 radical (unpaired) electrons. The van der Waals surface area contributed by atoms with Crippen molar-refractivity contribution in [2.75, 3.05) is 0 Å². The molecule has 0 heterocycles. The largest absolute Gasteiger partial charge is 0.508 e. The van der Waals surface area contributed by atoms with Crippen molar-refractivity contribution >= 4 is 0 Å². The van der Waals surface area contributed by atoms with Crippen LogP contribution in [0.25, 0.3) is 0 Å². The number of phenols is 3. The summed E-state index contributed by atoms with van der Waals surface area (Å²) in [6, 6.07) is 14.3. The van der Waals surface area contributed by atoms with Crippen LogP contribution in [0.5, 0.6) is 17.2 Å². The Morgan fingerprint density at radius 1 is 0.615 bits per heavy atom. The van der Waals surface area contributed by atoms with E-state index in [1.54, 1.807) is 30.3 Å². The van der Waals surface area contributed by atoms with Gasteiger partial charge < -0.3 is 15.3 Å².